The summed E-state index contributed by atoms with van der Waals surface area (Å²) in [5.41, 5.74) is 4.33. The number of nitrogens with one attached hydrogen (secondary N) is 3. The fourth-order valence-electron chi connectivity index (χ4n) is 2.61. The van der Waals surface area contributed by atoms with Crippen molar-refractivity contribution in [2.24, 2.45) is 0 Å². The van der Waals surface area contributed by atoms with Crippen LogP contribution in [0.1, 0.15) is 17.5 Å². The van der Waals surface area contributed by atoms with Crippen LogP contribution in [-0.4, -0.2) is 17.9 Å². The minimum absolute atomic E-state index is 0.0173. The minimum atomic E-state index is -0.623. The lowest BCUT2D eigenvalue weighted by Crippen LogP contribution is -2.41. The van der Waals surface area contributed by atoms with Crippen LogP contribution in [0.25, 0.3) is 0 Å². The quantitative estimate of drug-likeness (QED) is 0.795. The summed E-state index contributed by atoms with van der Waals surface area (Å²) in [6.07, 6.45) is 0.0173. The number of carbonyl (C=O) groups excluding carboxylic acids is 2. The van der Waals surface area contributed by atoms with Crippen molar-refractivity contribution in [2.75, 3.05) is 16.0 Å². The number of rotatable bonds is 3. The molecular formula is C18H18ClN3O2. The van der Waals surface area contributed by atoms with Gasteiger partial charge in [-0.05, 0) is 49.2 Å². The molecule has 6 heteroatoms. The van der Waals surface area contributed by atoms with E-state index in [-0.39, 0.29) is 18.2 Å². The lowest BCUT2D eigenvalue weighted by Gasteiger charge is -2.27. The third-order valence-corrected chi connectivity index (χ3v) is 4.41. The largest absolute Gasteiger partial charge is 0.372 e. The summed E-state index contributed by atoms with van der Waals surface area (Å²) < 4.78 is 0. The predicted molar refractivity (Wildman–Crippen MR) is 96.7 cm³/mol. The summed E-state index contributed by atoms with van der Waals surface area (Å²) in [6.45, 7) is 4.00. The molecule has 1 heterocycles. The predicted octanol–water partition coefficient (Wildman–Crippen LogP) is 3.72. The molecule has 1 aliphatic heterocycles. The third-order valence-electron chi connectivity index (χ3n) is 4.08. The number of aryl methyl sites for hydroxylation is 2. The van der Waals surface area contributed by atoms with Crippen molar-refractivity contribution in [2.45, 2.75) is 26.3 Å². The van der Waals surface area contributed by atoms with Crippen LogP contribution >= 0.6 is 11.6 Å². The number of hydrogen-bond donors (Lipinski definition) is 3. The molecule has 124 valence electrons. The average Bonchev–Trinajstić information content (AvgIpc) is 2.52. The van der Waals surface area contributed by atoms with E-state index >= 15 is 0 Å². The number of amides is 2. The van der Waals surface area contributed by atoms with E-state index < -0.39 is 6.04 Å². The Bertz CT molecular complexity index is 820. The van der Waals surface area contributed by atoms with Crippen LogP contribution in [0, 0.1) is 13.8 Å². The van der Waals surface area contributed by atoms with E-state index in [0.717, 1.165) is 22.5 Å². The molecule has 2 aromatic carbocycles. The van der Waals surface area contributed by atoms with Crippen molar-refractivity contribution in [3.8, 4) is 0 Å². The van der Waals surface area contributed by atoms with E-state index in [2.05, 4.69) is 16.0 Å². The molecule has 0 spiro atoms. The summed E-state index contributed by atoms with van der Waals surface area (Å²) in [5.74, 6) is -0.497. The summed E-state index contributed by atoms with van der Waals surface area (Å²) in [6, 6.07) is 10.3. The molecule has 2 amide bonds. The van der Waals surface area contributed by atoms with Gasteiger partial charge in [0, 0.05) is 0 Å². The Kier molecular flexibility index (Phi) is 4.44. The monoisotopic (exact) mass is 343 g/mol. The van der Waals surface area contributed by atoms with Gasteiger partial charge in [-0.3, -0.25) is 9.59 Å². The van der Waals surface area contributed by atoms with E-state index in [4.69, 9.17) is 11.6 Å². The molecule has 0 unspecified atom stereocenters. The first-order chi connectivity index (χ1) is 11.4. The first-order valence-electron chi connectivity index (χ1n) is 7.67. The van der Waals surface area contributed by atoms with Gasteiger partial charge in [-0.2, -0.15) is 0 Å². The van der Waals surface area contributed by atoms with Crippen LogP contribution in [0.4, 0.5) is 17.1 Å². The smallest absolute Gasteiger partial charge is 0.247 e. The zero-order valence-corrected chi connectivity index (χ0v) is 14.2. The SMILES string of the molecule is Cc1cc2c(cc1C)N[C@H](CC(=O)Nc1ccccc1Cl)C(=O)N2. The molecule has 1 aliphatic rings. The maximum Gasteiger partial charge on any atom is 0.247 e. The van der Waals surface area contributed by atoms with E-state index in [9.17, 15) is 9.59 Å². The number of para-hydroxylation sites is 1. The topological polar surface area (TPSA) is 70.2 Å². The van der Waals surface area contributed by atoms with Gasteiger partial charge in [0.2, 0.25) is 11.8 Å². The molecule has 2 aromatic rings. The van der Waals surface area contributed by atoms with E-state index in [1.165, 1.54) is 0 Å². The summed E-state index contributed by atoms with van der Waals surface area (Å²) in [5, 5.41) is 9.18. The van der Waals surface area contributed by atoms with Gasteiger partial charge >= 0.3 is 0 Å². The molecule has 0 aromatic heterocycles. The summed E-state index contributed by atoms with van der Waals surface area (Å²) in [4.78, 5) is 24.5. The Labute approximate surface area is 145 Å². The first-order valence-corrected chi connectivity index (χ1v) is 8.05. The van der Waals surface area contributed by atoms with Crippen molar-refractivity contribution in [3.63, 3.8) is 0 Å². The zero-order valence-electron chi connectivity index (χ0n) is 13.4. The highest BCUT2D eigenvalue weighted by Gasteiger charge is 2.28. The van der Waals surface area contributed by atoms with E-state index in [0.29, 0.717) is 10.7 Å². The van der Waals surface area contributed by atoms with Gasteiger partial charge in [0.1, 0.15) is 6.04 Å². The Balaban J connectivity index is 1.71. The Morgan fingerprint density at radius 2 is 1.83 bits per heavy atom. The summed E-state index contributed by atoms with van der Waals surface area (Å²) >= 11 is 6.03. The maximum absolute atomic E-state index is 12.2. The highest BCUT2D eigenvalue weighted by atomic mass is 35.5. The zero-order chi connectivity index (χ0) is 17.3. The van der Waals surface area contributed by atoms with Gasteiger partial charge in [-0.25, -0.2) is 0 Å². The Hall–Kier alpha value is -2.53. The van der Waals surface area contributed by atoms with Crippen molar-refractivity contribution >= 4 is 40.5 Å². The second-order valence-corrected chi connectivity index (χ2v) is 6.31. The van der Waals surface area contributed by atoms with Crippen LogP contribution in [0.5, 0.6) is 0 Å². The highest BCUT2D eigenvalue weighted by molar-refractivity contribution is 6.33. The van der Waals surface area contributed by atoms with Gasteiger partial charge < -0.3 is 16.0 Å². The van der Waals surface area contributed by atoms with Gasteiger partial charge in [-0.15, -0.1) is 0 Å². The van der Waals surface area contributed by atoms with Gasteiger partial charge in [0.05, 0.1) is 28.5 Å². The van der Waals surface area contributed by atoms with Crippen LogP contribution in [-0.2, 0) is 9.59 Å². The van der Waals surface area contributed by atoms with Gasteiger partial charge in [-0.1, -0.05) is 23.7 Å². The molecule has 3 rings (SSSR count). The Morgan fingerprint density at radius 3 is 2.54 bits per heavy atom. The number of benzene rings is 2. The standard InChI is InChI=1S/C18H18ClN3O2/c1-10-7-14-15(8-11(10)2)22-18(24)16(20-14)9-17(23)21-13-6-4-3-5-12(13)19/h3-8,16,20H,9H2,1-2H3,(H,21,23)(H,22,24)/t16-/m1/s1. The molecule has 0 fully saturated rings. The van der Waals surface area contributed by atoms with Crippen LogP contribution in [0.15, 0.2) is 36.4 Å². The van der Waals surface area contributed by atoms with Crippen LogP contribution < -0.4 is 16.0 Å². The molecule has 5 nitrogen and oxygen atoms in total. The first kappa shape index (κ1) is 16.3. The van der Waals surface area contributed by atoms with Crippen LogP contribution in [0.2, 0.25) is 5.02 Å². The number of fused-ring (bicyclic) bond motifs is 1. The van der Waals surface area contributed by atoms with E-state index in [1.54, 1.807) is 24.3 Å². The number of halogens is 1. The van der Waals surface area contributed by atoms with Gasteiger partial charge in [0.25, 0.3) is 0 Å². The third kappa shape index (κ3) is 3.36. The van der Waals surface area contributed by atoms with Crippen molar-refractivity contribution in [1.82, 2.24) is 0 Å². The summed E-state index contributed by atoms with van der Waals surface area (Å²) in [7, 11) is 0. The molecule has 24 heavy (non-hydrogen) atoms. The van der Waals surface area contributed by atoms with Crippen LogP contribution in [0.3, 0.4) is 0 Å². The lowest BCUT2D eigenvalue weighted by molar-refractivity contribution is -0.122. The molecular weight excluding hydrogens is 326 g/mol. The normalized spacial score (nSPS) is 16.0. The second kappa shape index (κ2) is 6.53. The molecule has 0 saturated heterocycles. The van der Waals surface area contributed by atoms with Gasteiger partial charge in [0.15, 0.2) is 0 Å². The number of hydrogen-bond acceptors (Lipinski definition) is 3. The molecule has 3 N–H and O–H groups in total. The number of carbonyl (C=O) groups is 2. The highest BCUT2D eigenvalue weighted by Crippen LogP contribution is 2.30. The van der Waals surface area contributed by atoms with E-state index in [1.807, 2.05) is 26.0 Å². The van der Waals surface area contributed by atoms with Crippen molar-refractivity contribution < 1.29 is 9.59 Å². The van der Waals surface area contributed by atoms with Crippen molar-refractivity contribution in [1.29, 1.82) is 0 Å². The molecule has 1 atom stereocenters. The average molecular weight is 344 g/mol. The second-order valence-electron chi connectivity index (χ2n) is 5.90. The fourth-order valence-corrected chi connectivity index (χ4v) is 2.79. The Morgan fingerprint density at radius 1 is 1.17 bits per heavy atom. The molecule has 0 bridgehead atoms. The molecule has 0 aliphatic carbocycles. The molecule has 0 radical (unpaired) electrons. The fraction of sp³-hybridized carbons (Fsp3) is 0.222. The maximum atomic E-state index is 12.2. The minimum Gasteiger partial charge on any atom is -0.372 e. The molecule has 0 saturated carbocycles. The number of anilines is 3. The van der Waals surface area contributed by atoms with Crippen molar-refractivity contribution in [3.05, 3.63) is 52.5 Å². The lowest BCUT2D eigenvalue weighted by atomic mass is 10.0.